The van der Waals surface area contributed by atoms with Crippen LogP contribution in [0, 0.1) is 5.92 Å². The molecule has 1 N–H and O–H groups in total. The van der Waals surface area contributed by atoms with Crippen LogP contribution in [0.2, 0.25) is 0 Å². The Labute approximate surface area is 133 Å². The van der Waals surface area contributed by atoms with Crippen molar-refractivity contribution in [2.24, 2.45) is 5.92 Å². The number of fused-ring (bicyclic) bond motifs is 1. The summed E-state index contributed by atoms with van der Waals surface area (Å²) in [7, 11) is 0. The topological polar surface area (TPSA) is 41.6 Å². The first-order valence-electron chi connectivity index (χ1n) is 7.54. The number of halogens is 3. The quantitative estimate of drug-likeness (QED) is 0.919. The zero-order chi connectivity index (χ0) is 17.2. The highest BCUT2D eigenvalue weighted by Crippen LogP contribution is 2.33. The molecule has 0 fully saturated rings. The van der Waals surface area contributed by atoms with Crippen molar-refractivity contribution in [3.8, 4) is 0 Å². The normalized spacial score (nSPS) is 19.3. The van der Waals surface area contributed by atoms with Gasteiger partial charge in [-0.25, -0.2) is 0 Å². The van der Waals surface area contributed by atoms with Gasteiger partial charge in [-0.15, -0.1) is 0 Å². The zero-order valence-electron chi connectivity index (χ0n) is 13.4. The summed E-state index contributed by atoms with van der Waals surface area (Å²) in [6.45, 7) is 4.37. The summed E-state index contributed by atoms with van der Waals surface area (Å²) in [6, 6.07) is 7.29. The Morgan fingerprint density at radius 1 is 1.35 bits per heavy atom. The van der Waals surface area contributed by atoms with E-state index < -0.39 is 24.8 Å². The molecule has 0 bridgehead atoms. The molecule has 128 valence electrons. The molecule has 1 aromatic carbocycles. The largest absolute Gasteiger partial charge is 0.411 e. The number of para-hydroxylation sites is 2. The lowest BCUT2D eigenvalue weighted by atomic mass is 9.99. The predicted octanol–water partition coefficient (Wildman–Crippen LogP) is 3.44. The standard InChI is InChI=1S/C16H21F3N2O2/c1-10(2)13-8-21(14-7-5-4-6-12(14)20-13)15(22)11(3)23-9-16(17,18)19/h4-7,10-11,13,20H,8-9H2,1-3H3/t11-,13-/m1/s1. The van der Waals surface area contributed by atoms with E-state index in [4.69, 9.17) is 4.74 Å². The molecule has 0 saturated heterocycles. The van der Waals surface area contributed by atoms with Gasteiger partial charge in [0.2, 0.25) is 0 Å². The molecule has 1 aromatic rings. The summed E-state index contributed by atoms with van der Waals surface area (Å²) in [5.41, 5.74) is 1.46. The van der Waals surface area contributed by atoms with Gasteiger partial charge in [-0.05, 0) is 25.0 Å². The van der Waals surface area contributed by atoms with Gasteiger partial charge in [-0.2, -0.15) is 13.2 Å². The molecule has 1 aliphatic rings. The van der Waals surface area contributed by atoms with Crippen LogP contribution in [0.25, 0.3) is 0 Å². The van der Waals surface area contributed by atoms with Gasteiger partial charge in [0.1, 0.15) is 12.7 Å². The Kier molecular flexibility index (Phi) is 5.19. The second-order valence-electron chi connectivity index (χ2n) is 6.03. The summed E-state index contributed by atoms with van der Waals surface area (Å²) >= 11 is 0. The van der Waals surface area contributed by atoms with Gasteiger partial charge in [0.15, 0.2) is 0 Å². The predicted molar refractivity (Wildman–Crippen MR) is 82.5 cm³/mol. The van der Waals surface area contributed by atoms with Crippen molar-refractivity contribution in [1.29, 1.82) is 0 Å². The van der Waals surface area contributed by atoms with Gasteiger partial charge in [-0.3, -0.25) is 4.79 Å². The second-order valence-corrected chi connectivity index (χ2v) is 6.03. The molecular formula is C16H21F3N2O2. The number of benzene rings is 1. The Bertz CT molecular complexity index is 561. The van der Waals surface area contributed by atoms with E-state index >= 15 is 0 Å². The Morgan fingerprint density at radius 3 is 2.61 bits per heavy atom. The van der Waals surface area contributed by atoms with Crippen LogP contribution in [0.1, 0.15) is 20.8 Å². The lowest BCUT2D eigenvalue weighted by Crippen LogP contribution is -2.50. The molecule has 2 atom stereocenters. The Hall–Kier alpha value is -1.76. The number of nitrogens with one attached hydrogen (secondary N) is 1. The van der Waals surface area contributed by atoms with Crippen LogP contribution < -0.4 is 10.2 Å². The number of ether oxygens (including phenoxy) is 1. The molecule has 1 heterocycles. The highest BCUT2D eigenvalue weighted by Gasteiger charge is 2.34. The highest BCUT2D eigenvalue weighted by molar-refractivity contribution is 6.00. The second kappa shape index (κ2) is 6.78. The number of rotatable bonds is 4. The van der Waals surface area contributed by atoms with Crippen molar-refractivity contribution in [2.75, 3.05) is 23.4 Å². The number of alkyl halides is 3. The summed E-state index contributed by atoms with van der Waals surface area (Å²) in [5.74, 6) is -0.195. The molecule has 0 unspecified atom stereocenters. The average Bonchev–Trinajstić information content (AvgIpc) is 2.50. The van der Waals surface area contributed by atoms with Gasteiger partial charge in [0.05, 0.1) is 11.4 Å². The molecule has 4 nitrogen and oxygen atoms in total. The lowest BCUT2D eigenvalue weighted by molar-refractivity contribution is -0.185. The van der Waals surface area contributed by atoms with Crippen LogP contribution in [0.15, 0.2) is 24.3 Å². The minimum Gasteiger partial charge on any atom is -0.379 e. The molecular weight excluding hydrogens is 309 g/mol. The fourth-order valence-electron chi connectivity index (χ4n) is 2.47. The number of carbonyl (C=O) groups excluding carboxylic acids is 1. The third kappa shape index (κ3) is 4.37. The monoisotopic (exact) mass is 330 g/mol. The van der Waals surface area contributed by atoms with Crippen LogP contribution in [0.3, 0.4) is 0 Å². The van der Waals surface area contributed by atoms with E-state index in [1.54, 1.807) is 12.1 Å². The van der Waals surface area contributed by atoms with Crippen molar-refractivity contribution < 1.29 is 22.7 Å². The molecule has 1 aliphatic heterocycles. The van der Waals surface area contributed by atoms with Crippen molar-refractivity contribution in [2.45, 2.75) is 39.1 Å². The highest BCUT2D eigenvalue weighted by atomic mass is 19.4. The van der Waals surface area contributed by atoms with Gasteiger partial charge < -0.3 is 15.0 Å². The Morgan fingerprint density at radius 2 is 2.00 bits per heavy atom. The van der Waals surface area contributed by atoms with Gasteiger partial charge in [0.25, 0.3) is 5.91 Å². The number of nitrogens with zero attached hydrogens (tertiary/aromatic N) is 1. The number of hydrogen-bond acceptors (Lipinski definition) is 3. The maximum atomic E-state index is 12.6. The first-order chi connectivity index (χ1) is 10.7. The van der Waals surface area contributed by atoms with Crippen molar-refractivity contribution in [3.63, 3.8) is 0 Å². The zero-order valence-corrected chi connectivity index (χ0v) is 13.4. The maximum absolute atomic E-state index is 12.6. The van der Waals surface area contributed by atoms with E-state index in [1.807, 2.05) is 26.0 Å². The summed E-state index contributed by atoms with van der Waals surface area (Å²) in [6.07, 6.45) is -5.60. The van der Waals surface area contributed by atoms with Crippen LogP contribution in [0.4, 0.5) is 24.5 Å². The molecule has 0 aliphatic carbocycles. The van der Waals surface area contributed by atoms with E-state index in [0.29, 0.717) is 12.2 Å². The third-order valence-corrected chi connectivity index (χ3v) is 3.83. The third-order valence-electron chi connectivity index (χ3n) is 3.83. The fraction of sp³-hybridized carbons (Fsp3) is 0.562. The van der Waals surface area contributed by atoms with Crippen molar-refractivity contribution in [3.05, 3.63) is 24.3 Å². The molecule has 23 heavy (non-hydrogen) atoms. The molecule has 7 heteroatoms. The molecule has 0 saturated carbocycles. The maximum Gasteiger partial charge on any atom is 0.411 e. The van der Waals surface area contributed by atoms with Gasteiger partial charge in [-0.1, -0.05) is 26.0 Å². The molecule has 2 rings (SSSR count). The van der Waals surface area contributed by atoms with E-state index in [1.165, 1.54) is 11.8 Å². The average molecular weight is 330 g/mol. The summed E-state index contributed by atoms with van der Waals surface area (Å²) in [4.78, 5) is 14.1. The minimum atomic E-state index is -4.45. The smallest absolute Gasteiger partial charge is 0.379 e. The summed E-state index contributed by atoms with van der Waals surface area (Å²) < 4.78 is 41.5. The minimum absolute atomic E-state index is 0.0312. The number of anilines is 2. The number of carbonyl (C=O) groups is 1. The molecule has 0 spiro atoms. The van der Waals surface area contributed by atoms with E-state index in [0.717, 1.165) is 5.69 Å². The first-order valence-corrected chi connectivity index (χ1v) is 7.54. The Balaban J connectivity index is 2.18. The first kappa shape index (κ1) is 17.6. The van der Waals surface area contributed by atoms with Crippen LogP contribution >= 0.6 is 0 Å². The van der Waals surface area contributed by atoms with E-state index in [9.17, 15) is 18.0 Å². The van der Waals surface area contributed by atoms with E-state index in [2.05, 4.69) is 5.32 Å². The molecule has 0 aromatic heterocycles. The van der Waals surface area contributed by atoms with Crippen LogP contribution in [0.5, 0.6) is 0 Å². The summed E-state index contributed by atoms with van der Waals surface area (Å²) in [5, 5.41) is 3.36. The fourth-order valence-corrected chi connectivity index (χ4v) is 2.47. The molecule has 1 amide bonds. The lowest BCUT2D eigenvalue weighted by Gasteiger charge is -2.38. The van der Waals surface area contributed by atoms with Gasteiger partial charge in [0, 0.05) is 12.6 Å². The van der Waals surface area contributed by atoms with Gasteiger partial charge >= 0.3 is 6.18 Å². The molecule has 0 radical (unpaired) electrons. The SMILES string of the molecule is CC(C)[C@H]1CN(C(=O)[C@@H](C)OCC(F)(F)F)c2ccccc2N1. The van der Waals surface area contributed by atoms with Crippen molar-refractivity contribution in [1.82, 2.24) is 0 Å². The number of hydrogen-bond donors (Lipinski definition) is 1. The number of amides is 1. The van der Waals surface area contributed by atoms with Crippen molar-refractivity contribution >= 4 is 17.3 Å². The van der Waals surface area contributed by atoms with Crippen LogP contribution in [-0.4, -0.2) is 37.4 Å². The van der Waals surface area contributed by atoms with E-state index in [-0.39, 0.29) is 12.0 Å². The van der Waals surface area contributed by atoms with Crippen LogP contribution in [-0.2, 0) is 9.53 Å².